The fourth-order valence-corrected chi connectivity index (χ4v) is 2.78. The molecule has 158 valence electrons. The molecule has 31 heavy (non-hydrogen) atoms. The number of benzene rings is 3. The van der Waals surface area contributed by atoms with Crippen molar-refractivity contribution in [3.63, 3.8) is 0 Å². The van der Waals surface area contributed by atoms with Crippen molar-refractivity contribution in [2.45, 2.75) is 0 Å². The molecule has 0 aliphatic rings. The van der Waals surface area contributed by atoms with Gasteiger partial charge >= 0.3 is 0 Å². The number of carbonyl (C=O) groups is 2. The molecule has 2 amide bonds. The van der Waals surface area contributed by atoms with Crippen LogP contribution in [0, 0.1) is 5.82 Å². The number of rotatable bonds is 7. The first-order valence-electron chi connectivity index (χ1n) is 9.37. The number of amides is 2. The Morgan fingerprint density at radius 3 is 2.19 bits per heavy atom. The Morgan fingerprint density at radius 2 is 1.55 bits per heavy atom. The highest BCUT2D eigenvalue weighted by atomic mass is 19.1. The van der Waals surface area contributed by atoms with Crippen LogP contribution in [-0.4, -0.2) is 26.0 Å². The summed E-state index contributed by atoms with van der Waals surface area (Å²) in [5.74, 6) is -0.419. The van der Waals surface area contributed by atoms with Crippen LogP contribution < -0.4 is 20.1 Å². The lowest BCUT2D eigenvalue weighted by atomic mass is 10.1. The van der Waals surface area contributed by atoms with Crippen LogP contribution in [0.15, 0.2) is 78.5 Å². The monoisotopic (exact) mass is 420 g/mol. The molecule has 0 radical (unpaired) electrons. The van der Waals surface area contributed by atoms with Crippen LogP contribution in [-0.2, 0) is 4.79 Å². The summed E-state index contributed by atoms with van der Waals surface area (Å²) in [5, 5.41) is 5.30. The maximum Gasteiger partial charge on any atom is 0.272 e. The van der Waals surface area contributed by atoms with Gasteiger partial charge in [0.05, 0.1) is 14.2 Å². The summed E-state index contributed by atoms with van der Waals surface area (Å²) in [6, 6.07) is 18.9. The van der Waals surface area contributed by atoms with Crippen LogP contribution in [0.25, 0.3) is 6.08 Å². The average molecular weight is 420 g/mol. The number of carbonyl (C=O) groups excluding carboxylic acids is 2. The van der Waals surface area contributed by atoms with Crippen LogP contribution >= 0.6 is 0 Å². The Morgan fingerprint density at radius 1 is 0.871 bits per heavy atom. The van der Waals surface area contributed by atoms with E-state index in [0.29, 0.717) is 28.3 Å². The topological polar surface area (TPSA) is 76.7 Å². The largest absolute Gasteiger partial charge is 0.493 e. The molecule has 3 aromatic rings. The Labute approximate surface area is 179 Å². The Bertz CT molecular complexity index is 1100. The zero-order chi connectivity index (χ0) is 22.2. The predicted molar refractivity (Wildman–Crippen MR) is 116 cm³/mol. The number of hydrogen-bond donors (Lipinski definition) is 2. The maximum absolute atomic E-state index is 13.2. The standard InChI is InChI=1S/C24H21FN2O4/c1-30-21-13-8-16(15-22(21)31-2)14-20(27-23(28)17-6-4-3-5-7-17)24(29)26-19-11-9-18(25)10-12-19/h3-15H,1-2H3,(H,26,29)(H,27,28)/b20-14-. The van der Waals surface area contributed by atoms with E-state index in [1.165, 1.54) is 44.6 Å². The molecule has 0 aliphatic heterocycles. The lowest BCUT2D eigenvalue weighted by Crippen LogP contribution is -2.30. The zero-order valence-corrected chi connectivity index (χ0v) is 17.0. The van der Waals surface area contributed by atoms with Gasteiger partial charge in [0.2, 0.25) is 0 Å². The molecule has 6 nitrogen and oxygen atoms in total. The molecule has 3 aromatic carbocycles. The quantitative estimate of drug-likeness (QED) is 0.560. The van der Waals surface area contributed by atoms with Gasteiger partial charge in [-0.05, 0) is 60.2 Å². The van der Waals surface area contributed by atoms with Crippen molar-refractivity contribution in [2.75, 3.05) is 19.5 Å². The van der Waals surface area contributed by atoms with Crippen LogP contribution in [0.1, 0.15) is 15.9 Å². The van der Waals surface area contributed by atoms with Crippen molar-refractivity contribution in [3.8, 4) is 11.5 Å². The number of methoxy groups -OCH3 is 2. The molecule has 0 unspecified atom stereocenters. The molecule has 0 aromatic heterocycles. The highest BCUT2D eigenvalue weighted by molar-refractivity contribution is 6.10. The average Bonchev–Trinajstić information content (AvgIpc) is 2.80. The normalized spacial score (nSPS) is 10.9. The summed E-state index contributed by atoms with van der Waals surface area (Å²) in [7, 11) is 3.03. The van der Waals surface area contributed by atoms with E-state index in [1.54, 1.807) is 48.5 Å². The van der Waals surface area contributed by atoms with Crippen molar-refractivity contribution in [1.82, 2.24) is 5.32 Å². The van der Waals surface area contributed by atoms with Gasteiger partial charge < -0.3 is 20.1 Å². The Kier molecular flexibility index (Phi) is 7.01. The highest BCUT2D eigenvalue weighted by Gasteiger charge is 2.16. The van der Waals surface area contributed by atoms with Gasteiger partial charge in [0.25, 0.3) is 11.8 Å². The molecule has 2 N–H and O–H groups in total. The number of halogens is 1. The molecular weight excluding hydrogens is 399 g/mol. The fraction of sp³-hybridized carbons (Fsp3) is 0.0833. The fourth-order valence-electron chi connectivity index (χ4n) is 2.78. The molecule has 3 rings (SSSR count). The second kappa shape index (κ2) is 10.1. The van der Waals surface area contributed by atoms with E-state index in [0.717, 1.165) is 0 Å². The number of ether oxygens (including phenoxy) is 2. The Hall–Kier alpha value is -4.13. The molecule has 0 bridgehead atoms. The lowest BCUT2D eigenvalue weighted by Gasteiger charge is -2.12. The summed E-state index contributed by atoms with van der Waals surface area (Å²) in [4.78, 5) is 25.5. The highest BCUT2D eigenvalue weighted by Crippen LogP contribution is 2.28. The molecule has 0 fully saturated rings. The maximum atomic E-state index is 13.2. The minimum Gasteiger partial charge on any atom is -0.493 e. The minimum atomic E-state index is -0.564. The second-order valence-electron chi connectivity index (χ2n) is 6.45. The van der Waals surface area contributed by atoms with Gasteiger partial charge in [-0.1, -0.05) is 24.3 Å². The summed E-state index contributed by atoms with van der Waals surface area (Å²) >= 11 is 0. The van der Waals surface area contributed by atoms with Crippen LogP contribution in [0.5, 0.6) is 11.5 Å². The predicted octanol–water partition coefficient (Wildman–Crippen LogP) is 4.25. The minimum absolute atomic E-state index is 0.00500. The van der Waals surface area contributed by atoms with Crippen molar-refractivity contribution in [1.29, 1.82) is 0 Å². The van der Waals surface area contributed by atoms with Crippen molar-refractivity contribution in [2.24, 2.45) is 0 Å². The third-order valence-electron chi connectivity index (χ3n) is 4.35. The van der Waals surface area contributed by atoms with E-state index in [9.17, 15) is 14.0 Å². The van der Waals surface area contributed by atoms with Crippen molar-refractivity contribution in [3.05, 3.63) is 95.4 Å². The summed E-state index contributed by atoms with van der Waals surface area (Å²) in [5.41, 5.74) is 1.40. The third kappa shape index (κ3) is 5.70. The Balaban J connectivity index is 1.92. The molecule has 0 aliphatic carbocycles. The van der Waals surface area contributed by atoms with E-state index < -0.39 is 17.6 Å². The first-order valence-corrected chi connectivity index (χ1v) is 9.37. The summed E-state index contributed by atoms with van der Waals surface area (Å²) in [6.45, 7) is 0. The van der Waals surface area contributed by atoms with Crippen LogP contribution in [0.2, 0.25) is 0 Å². The van der Waals surface area contributed by atoms with Gasteiger partial charge in [0, 0.05) is 11.3 Å². The number of anilines is 1. The molecule has 0 atom stereocenters. The van der Waals surface area contributed by atoms with E-state index in [2.05, 4.69) is 10.6 Å². The van der Waals surface area contributed by atoms with Gasteiger partial charge in [0.1, 0.15) is 11.5 Å². The summed E-state index contributed by atoms with van der Waals surface area (Å²) < 4.78 is 23.7. The molecule has 7 heteroatoms. The van der Waals surface area contributed by atoms with Crippen LogP contribution in [0.4, 0.5) is 10.1 Å². The van der Waals surface area contributed by atoms with Crippen molar-refractivity contribution >= 4 is 23.6 Å². The molecule has 0 spiro atoms. The molecule has 0 saturated heterocycles. The van der Waals surface area contributed by atoms with E-state index in [4.69, 9.17) is 9.47 Å². The first kappa shape index (κ1) is 21.6. The third-order valence-corrected chi connectivity index (χ3v) is 4.35. The van der Waals surface area contributed by atoms with Gasteiger partial charge in [-0.2, -0.15) is 0 Å². The molecule has 0 saturated carbocycles. The zero-order valence-electron chi connectivity index (χ0n) is 17.0. The van der Waals surface area contributed by atoms with Gasteiger partial charge in [-0.25, -0.2) is 4.39 Å². The smallest absolute Gasteiger partial charge is 0.272 e. The number of nitrogens with one attached hydrogen (secondary N) is 2. The molecule has 0 heterocycles. The van der Waals surface area contributed by atoms with Gasteiger partial charge in [-0.3, -0.25) is 9.59 Å². The van der Waals surface area contributed by atoms with Crippen molar-refractivity contribution < 1.29 is 23.5 Å². The number of hydrogen-bond acceptors (Lipinski definition) is 4. The van der Waals surface area contributed by atoms with E-state index in [-0.39, 0.29) is 5.70 Å². The van der Waals surface area contributed by atoms with E-state index in [1.807, 2.05) is 0 Å². The second-order valence-corrected chi connectivity index (χ2v) is 6.45. The van der Waals surface area contributed by atoms with E-state index >= 15 is 0 Å². The van der Waals surface area contributed by atoms with Crippen LogP contribution in [0.3, 0.4) is 0 Å². The first-order chi connectivity index (χ1) is 15.0. The SMILES string of the molecule is COc1ccc(/C=C(\NC(=O)c2ccccc2)C(=O)Nc2ccc(F)cc2)cc1OC. The molecular formula is C24H21FN2O4. The van der Waals surface area contributed by atoms with Gasteiger partial charge in [0.15, 0.2) is 11.5 Å². The van der Waals surface area contributed by atoms with Gasteiger partial charge in [-0.15, -0.1) is 0 Å². The summed E-state index contributed by atoms with van der Waals surface area (Å²) in [6.07, 6.45) is 1.52. The lowest BCUT2D eigenvalue weighted by molar-refractivity contribution is -0.113.